The molecule has 2 N–H and O–H groups in total. The van der Waals surface area contributed by atoms with Crippen LogP contribution in [-0.2, 0) is 9.53 Å². The number of nitrogens with two attached hydrogens (primary N) is 1. The third kappa shape index (κ3) is 3.85. The number of carbonyl (C=O) groups is 1. The van der Waals surface area contributed by atoms with Gasteiger partial charge in [0, 0.05) is 6.92 Å². The average molecular weight is 130 g/mol. The molecule has 0 bridgehead atoms. The molecule has 52 valence electrons. The molecule has 0 aromatic carbocycles. The summed E-state index contributed by atoms with van der Waals surface area (Å²) in [6.45, 7) is 6.72. The van der Waals surface area contributed by atoms with Gasteiger partial charge in [-0.3, -0.25) is 4.79 Å². The van der Waals surface area contributed by atoms with E-state index in [1.54, 1.807) is 13.8 Å². The Kier molecular flexibility index (Phi) is 3.09. The Morgan fingerprint density at radius 3 is 2.22 bits per heavy atom. The molecule has 0 aliphatic heterocycles. The highest BCUT2D eigenvalue weighted by Crippen LogP contribution is 1.90. The van der Waals surface area contributed by atoms with Crippen molar-refractivity contribution in [3.05, 3.63) is 6.92 Å². The average Bonchev–Trinajstić information content (AvgIpc) is 1.63. The summed E-state index contributed by atoms with van der Waals surface area (Å²) in [5.41, 5.74) is 5.18. The number of hydrogen-bond donors (Lipinski definition) is 1. The van der Waals surface area contributed by atoms with Crippen molar-refractivity contribution < 1.29 is 9.53 Å². The van der Waals surface area contributed by atoms with Gasteiger partial charge >= 0.3 is 5.97 Å². The van der Waals surface area contributed by atoms with E-state index in [9.17, 15) is 4.79 Å². The molecule has 0 aromatic heterocycles. The van der Waals surface area contributed by atoms with Crippen LogP contribution in [0.25, 0.3) is 0 Å². The fraction of sp³-hybridized carbons (Fsp3) is 0.667. The Hall–Kier alpha value is -0.700. The molecule has 0 saturated heterocycles. The van der Waals surface area contributed by atoms with Crippen molar-refractivity contribution in [2.24, 2.45) is 5.73 Å². The molecule has 0 fully saturated rings. The van der Waals surface area contributed by atoms with Gasteiger partial charge in [0.2, 0.25) is 6.10 Å². The van der Waals surface area contributed by atoms with Crippen LogP contribution in [0.4, 0.5) is 0 Å². The SMILES string of the molecule is [CH2+]C(C)OC(=O)[C@H](C)N. The molecule has 3 nitrogen and oxygen atoms in total. The smallest absolute Gasteiger partial charge is 0.326 e. The van der Waals surface area contributed by atoms with Gasteiger partial charge in [-0.15, -0.1) is 0 Å². The maximum absolute atomic E-state index is 10.6. The summed E-state index contributed by atoms with van der Waals surface area (Å²) in [7, 11) is 0. The summed E-state index contributed by atoms with van der Waals surface area (Å²) in [5.74, 6) is -0.405. The standard InChI is InChI=1S/C6H12NO2/c1-4(2)9-6(8)5(3)7/h4-5H,1,7H2,2-3H3/q+1/t4?,5-/m0/s1. The highest BCUT2D eigenvalue weighted by molar-refractivity contribution is 5.75. The summed E-state index contributed by atoms with van der Waals surface area (Å²) in [4.78, 5) is 10.6. The van der Waals surface area contributed by atoms with Gasteiger partial charge in [-0.2, -0.15) is 0 Å². The molecule has 0 saturated carbocycles. The monoisotopic (exact) mass is 130 g/mol. The zero-order valence-electron chi connectivity index (χ0n) is 5.76. The highest BCUT2D eigenvalue weighted by atomic mass is 16.5. The number of carbonyl (C=O) groups excluding carboxylic acids is 1. The topological polar surface area (TPSA) is 52.3 Å². The third-order valence-corrected chi connectivity index (χ3v) is 0.689. The fourth-order valence-electron chi connectivity index (χ4n) is 0.306. The number of esters is 1. The molecule has 3 heteroatoms. The highest BCUT2D eigenvalue weighted by Gasteiger charge is 2.12. The van der Waals surface area contributed by atoms with Crippen LogP contribution in [-0.4, -0.2) is 18.1 Å². The minimum Gasteiger partial charge on any atom is -0.420 e. The van der Waals surface area contributed by atoms with Gasteiger partial charge in [-0.25, -0.2) is 0 Å². The van der Waals surface area contributed by atoms with E-state index in [0.29, 0.717) is 0 Å². The van der Waals surface area contributed by atoms with E-state index >= 15 is 0 Å². The van der Waals surface area contributed by atoms with Crippen molar-refractivity contribution in [3.63, 3.8) is 0 Å². The second-order valence-corrected chi connectivity index (χ2v) is 2.04. The van der Waals surface area contributed by atoms with Crippen molar-refractivity contribution >= 4 is 5.97 Å². The molecule has 0 amide bonds. The van der Waals surface area contributed by atoms with Crippen LogP contribution >= 0.6 is 0 Å². The van der Waals surface area contributed by atoms with Crippen LogP contribution in [0.5, 0.6) is 0 Å². The molecule has 0 aliphatic carbocycles. The van der Waals surface area contributed by atoms with Gasteiger partial charge in [-0.1, -0.05) is 0 Å². The van der Waals surface area contributed by atoms with Gasteiger partial charge < -0.3 is 10.5 Å². The second-order valence-electron chi connectivity index (χ2n) is 2.04. The van der Waals surface area contributed by atoms with Crippen molar-refractivity contribution in [3.8, 4) is 0 Å². The first-order valence-corrected chi connectivity index (χ1v) is 2.83. The lowest BCUT2D eigenvalue weighted by atomic mass is 10.4. The first kappa shape index (κ1) is 8.30. The van der Waals surface area contributed by atoms with Crippen LogP contribution in [0, 0.1) is 6.92 Å². The molecule has 9 heavy (non-hydrogen) atoms. The lowest BCUT2D eigenvalue weighted by molar-refractivity contribution is -0.147. The van der Waals surface area contributed by atoms with Gasteiger partial charge in [-0.05, 0) is 6.92 Å². The molecular formula is C6H12NO2+. The first-order chi connectivity index (χ1) is 4.04. The molecule has 2 atom stereocenters. The molecule has 0 spiro atoms. The normalized spacial score (nSPS) is 16.3. The number of hydrogen-bond acceptors (Lipinski definition) is 3. The van der Waals surface area contributed by atoms with E-state index in [0.717, 1.165) is 0 Å². The molecule has 0 aromatic rings. The maximum atomic E-state index is 10.6. The molecule has 1 unspecified atom stereocenters. The van der Waals surface area contributed by atoms with Gasteiger partial charge in [0.1, 0.15) is 13.0 Å². The van der Waals surface area contributed by atoms with Gasteiger partial charge in [0.15, 0.2) is 0 Å². The van der Waals surface area contributed by atoms with Crippen LogP contribution < -0.4 is 5.73 Å². The van der Waals surface area contributed by atoms with E-state index in [2.05, 4.69) is 11.7 Å². The predicted molar refractivity (Wildman–Crippen MR) is 34.6 cm³/mol. The fourth-order valence-corrected chi connectivity index (χ4v) is 0.306. The number of rotatable bonds is 2. The third-order valence-electron chi connectivity index (χ3n) is 0.689. The van der Waals surface area contributed by atoms with Gasteiger partial charge in [0.05, 0.1) is 0 Å². The Morgan fingerprint density at radius 2 is 2.11 bits per heavy atom. The Labute approximate surface area is 55.2 Å². The predicted octanol–water partition coefficient (Wildman–Crippen LogP) is 0.0994. The first-order valence-electron chi connectivity index (χ1n) is 2.83. The number of ether oxygens (including phenoxy) is 1. The van der Waals surface area contributed by atoms with Crippen molar-refractivity contribution in [2.75, 3.05) is 0 Å². The van der Waals surface area contributed by atoms with Crippen LogP contribution in [0.15, 0.2) is 0 Å². The molecule has 0 radical (unpaired) electrons. The minimum atomic E-state index is -0.547. The van der Waals surface area contributed by atoms with E-state index in [4.69, 9.17) is 5.73 Å². The largest absolute Gasteiger partial charge is 0.420 e. The summed E-state index contributed by atoms with van der Waals surface area (Å²) in [6, 6.07) is -0.547. The van der Waals surface area contributed by atoms with Crippen LogP contribution in [0.1, 0.15) is 13.8 Å². The summed E-state index contributed by atoms with van der Waals surface area (Å²) in [6.07, 6.45) is -0.316. The lowest BCUT2D eigenvalue weighted by Crippen LogP contribution is -2.30. The summed E-state index contributed by atoms with van der Waals surface area (Å²) >= 11 is 0. The van der Waals surface area contributed by atoms with Crippen LogP contribution in [0.3, 0.4) is 0 Å². The minimum absolute atomic E-state index is 0.316. The Balaban J connectivity index is 3.51. The van der Waals surface area contributed by atoms with E-state index in [1.807, 2.05) is 0 Å². The zero-order valence-corrected chi connectivity index (χ0v) is 5.76. The maximum Gasteiger partial charge on any atom is 0.326 e. The second kappa shape index (κ2) is 3.35. The van der Waals surface area contributed by atoms with Crippen molar-refractivity contribution in [2.45, 2.75) is 26.0 Å². The van der Waals surface area contributed by atoms with E-state index in [1.165, 1.54) is 0 Å². The van der Waals surface area contributed by atoms with E-state index < -0.39 is 12.0 Å². The van der Waals surface area contributed by atoms with E-state index in [-0.39, 0.29) is 6.10 Å². The summed E-state index contributed by atoms with van der Waals surface area (Å²) < 4.78 is 4.64. The van der Waals surface area contributed by atoms with Crippen molar-refractivity contribution in [1.82, 2.24) is 0 Å². The Morgan fingerprint density at radius 1 is 1.67 bits per heavy atom. The summed E-state index contributed by atoms with van der Waals surface area (Å²) in [5, 5.41) is 0. The van der Waals surface area contributed by atoms with Crippen LogP contribution in [0.2, 0.25) is 0 Å². The quantitative estimate of drug-likeness (QED) is 0.426. The van der Waals surface area contributed by atoms with Crippen molar-refractivity contribution in [1.29, 1.82) is 0 Å². The molecule has 0 heterocycles. The lowest BCUT2D eigenvalue weighted by Gasteiger charge is -2.04. The molecular weight excluding hydrogens is 118 g/mol. The zero-order chi connectivity index (χ0) is 7.44. The molecule has 0 rings (SSSR count). The van der Waals surface area contributed by atoms with Gasteiger partial charge in [0.25, 0.3) is 0 Å². The Bertz CT molecular complexity index is 99.2. The molecule has 0 aliphatic rings.